The number of hydrogen-bond acceptors (Lipinski definition) is 5. The molecule has 0 bridgehead atoms. The second kappa shape index (κ2) is 9.17. The number of nitrogens with one attached hydrogen (secondary N) is 2. The van der Waals surface area contributed by atoms with Crippen LogP contribution in [0.4, 0.5) is 5.69 Å². The predicted molar refractivity (Wildman–Crippen MR) is 106 cm³/mol. The van der Waals surface area contributed by atoms with Crippen molar-refractivity contribution in [3.63, 3.8) is 0 Å². The van der Waals surface area contributed by atoms with Crippen molar-refractivity contribution in [2.24, 2.45) is 11.8 Å². The molecule has 1 aromatic carbocycles. The Morgan fingerprint density at radius 1 is 0.857 bits per heavy atom. The molecule has 28 heavy (non-hydrogen) atoms. The first kappa shape index (κ1) is 20.3. The Morgan fingerprint density at radius 3 is 1.96 bits per heavy atom. The minimum absolute atomic E-state index is 0.0111. The molecule has 2 unspecified atom stereocenters. The first-order valence-corrected chi connectivity index (χ1v) is 9.98. The summed E-state index contributed by atoms with van der Waals surface area (Å²) < 4.78 is 15.9. The molecular formula is C21H30N2O5. The molecule has 2 saturated carbocycles. The summed E-state index contributed by atoms with van der Waals surface area (Å²) in [5, 5.41) is 6.01. The minimum Gasteiger partial charge on any atom is -0.493 e. The van der Waals surface area contributed by atoms with Crippen LogP contribution >= 0.6 is 0 Å². The molecule has 2 aliphatic carbocycles. The zero-order valence-electron chi connectivity index (χ0n) is 16.9. The Bertz CT molecular complexity index is 688. The summed E-state index contributed by atoms with van der Waals surface area (Å²) in [6.07, 6.45) is 7.50. The second-order valence-corrected chi connectivity index (χ2v) is 7.55. The van der Waals surface area contributed by atoms with Crippen LogP contribution < -0.4 is 24.8 Å². The van der Waals surface area contributed by atoms with Gasteiger partial charge in [-0.3, -0.25) is 9.59 Å². The molecule has 0 aromatic heterocycles. The number of ether oxygens (including phenoxy) is 3. The van der Waals surface area contributed by atoms with Crippen molar-refractivity contribution in [3.05, 3.63) is 12.1 Å². The molecule has 0 aliphatic heterocycles. The van der Waals surface area contributed by atoms with Crippen LogP contribution in [0.1, 0.15) is 44.9 Å². The molecule has 0 spiro atoms. The monoisotopic (exact) mass is 390 g/mol. The SMILES string of the molecule is COc1cc(NC(=O)C2CC2C(=O)NC2CCCCCC2)cc(OC)c1OC. The van der Waals surface area contributed by atoms with Gasteiger partial charge in [-0.15, -0.1) is 0 Å². The van der Waals surface area contributed by atoms with Crippen molar-refractivity contribution in [1.82, 2.24) is 5.32 Å². The van der Waals surface area contributed by atoms with Crippen molar-refractivity contribution in [3.8, 4) is 17.2 Å². The molecule has 154 valence electrons. The van der Waals surface area contributed by atoms with E-state index in [-0.39, 0.29) is 29.7 Å². The molecule has 2 N–H and O–H groups in total. The van der Waals surface area contributed by atoms with E-state index in [1.165, 1.54) is 47.0 Å². The van der Waals surface area contributed by atoms with Crippen LogP contribution in [-0.4, -0.2) is 39.2 Å². The summed E-state index contributed by atoms with van der Waals surface area (Å²) >= 11 is 0. The van der Waals surface area contributed by atoms with E-state index in [2.05, 4.69) is 10.6 Å². The normalized spacial score (nSPS) is 22.0. The van der Waals surface area contributed by atoms with E-state index in [1.54, 1.807) is 12.1 Å². The number of benzene rings is 1. The Labute approximate surface area is 166 Å². The lowest BCUT2D eigenvalue weighted by Gasteiger charge is -2.16. The van der Waals surface area contributed by atoms with Crippen molar-refractivity contribution in [2.45, 2.75) is 51.0 Å². The first-order valence-electron chi connectivity index (χ1n) is 9.98. The van der Waals surface area contributed by atoms with Gasteiger partial charge in [0.1, 0.15) is 0 Å². The lowest BCUT2D eigenvalue weighted by atomic mass is 10.1. The zero-order valence-corrected chi connectivity index (χ0v) is 16.9. The van der Waals surface area contributed by atoms with Crippen LogP contribution in [0.3, 0.4) is 0 Å². The van der Waals surface area contributed by atoms with E-state index in [9.17, 15) is 9.59 Å². The average molecular weight is 390 g/mol. The quantitative estimate of drug-likeness (QED) is 0.699. The highest BCUT2D eigenvalue weighted by Crippen LogP contribution is 2.42. The maximum atomic E-state index is 12.6. The third-order valence-corrected chi connectivity index (χ3v) is 5.60. The maximum Gasteiger partial charge on any atom is 0.228 e. The molecule has 0 saturated heterocycles. The molecule has 0 radical (unpaired) electrons. The van der Waals surface area contributed by atoms with Gasteiger partial charge in [0, 0.05) is 23.9 Å². The highest BCUT2D eigenvalue weighted by Gasteiger charge is 2.48. The summed E-state index contributed by atoms with van der Waals surface area (Å²) in [4.78, 5) is 25.1. The van der Waals surface area contributed by atoms with Gasteiger partial charge in [-0.25, -0.2) is 0 Å². The highest BCUT2D eigenvalue weighted by molar-refractivity contribution is 6.00. The van der Waals surface area contributed by atoms with Crippen LogP contribution in [-0.2, 0) is 9.59 Å². The average Bonchev–Trinajstić information content (AvgIpc) is 3.52. The summed E-state index contributed by atoms with van der Waals surface area (Å²) in [5.41, 5.74) is 0.550. The van der Waals surface area contributed by atoms with Gasteiger partial charge in [-0.05, 0) is 19.3 Å². The van der Waals surface area contributed by atoms with Gasteiger partial charge in [-0.1, -0.05) is 25.7 Å². The van der Waals surface area contributed by atoms with Crippen molar-refractivity contribution >= 4 is 17.5 Å². The van der Waals surface area contributed by atoms with Crippen LogP contribution in [0.5, 0.6) is 17.2 Å². The third kappa shape index (κ3) is 4.69. The summed E-state index contributed by atoms with van der Waals surface area (Å²) in [5.74, 6) is 0.740. The predicted octanol–water partition coefficient (Wildman–Crippen LogP) is 3.13. The number of anilines is 1. The highest BCUT2D eigenvalue weighted by atomic mass is 16.5. The molecular weight excluding hydrogens is 360 g/mol. The fraction of sp³-hybridized carbons (Fsp3) is 0.619. The Morgan fingerprint density at radius 2 is 1.43 bits per heavy atom. The van der Waals surface area contributed by atoms with Crippen molar-refractivity contribution in [2.75, 3.05) is 26.6 Å². The number of hydrogen-bond donors (Lipinski definition) is 2. The van der Waals surface area contributed by atoms with Gasteiger partial charge in [0.2, 0.25) is 17.6 Å². The van der Waals surface area contributed by atoms with Crippen LogP contribution in [0.25, 0.3) is 0 Å². The maximum absolute atomic E-state index is 12.6. The summed E-state index contributed by atoms with van der Waals surface area (Å²) in [7, 11) is 4.58. The van der Waals surface area contributed by atoms with E-state index in [0.29, 0.717) is 29.4 Å². The fourth-order valence-electron chi connectivity index (χ4n) is 3.89. The molecule has 1 aromatic rings. The Hall–Kier alpha value is -2.44. The fourth-order valence-corrected chi connectivity index (χ4v) is 3.89. The van der Waals surface area contributed by atoms with E-state index in [0.717, 1.165) is 12.8 Å². The molecule has 7 nitrogen and oxygen atoms in total. The Balaban J connectivity index is 1.58. The van der Waals surface area contributed by atoms with Crippen molar-refractivity contribution < 1.29 is 23.8 Å². The van der Waals surface area contributed by atoms with E-state index in [1.807, 2.05) is 0 Å². The largest absolute Gasteiger partial charge is 0.493 e. The molecule has 2 amide bonds. The third-order valence-electron chi connectivity index (χ3n) is 5.60. The molecule has 0 heterocycles. The number of carbonyl (C=O) groups is 2. The van der Waals surface area contributed by atoms with Gasteiger partial charge in [0.05, 0.1) is 33.2 Å². The standard InChI is InChI=1S/C21H30N2O5/c1-26-17-10-14(11-18(27-2)19(17)28-3)23-21(25)16-12-15(16)20(24)22-13-8-6-4-5-7-9-13/h10-11,13,15-16H,4-9,12H2,1-3H3,(H,22,24)(H,23,25). The number of rotatable bonds is 7. The Kier molecular flexibility index (Phi) is 6.65. The minimum atomic E-state index is -0.287. The summed E-state index contributed by atoms with van der Waals surface area (Å²) in [6, 6.07) is 3.62. The van der Waals surface area contributed by atoms with E-state index in [4.69, 9.17) is 14.2 Å². The molecule has 7 heteroatoms. The van der Waals surface area contributed by atoms with Gasteiger partial charge in [0.15, 0.2) is 11.5 Å². The lowest BCUT2D eigenvalue weighted by molar-refractivity contribution is -0.125. The van der Waals surface area contributed by atoms with Crippen LogP contribution in [0, 0.1) is 11.8 Å². The molecule has 2 atom stereocenters. The van der Waals surface area contributed by atoms with Gasteiger partial charge in [0.25, 0.3) is 0 Å². The molecule has 3 rings (SSSR count). The van der Waals surface area contributed by atoms with Gasteiger partial charge >= 0.3 is 0 Å². The summed E-state index contributed by atoms with van der Waals surface area (Å²) in [6.45, 7) is 0. The second-order valence-electron chi connectivity index (χ2n) is 7.55. The van der Waals surface area contributed by atoms with Crippen LogP contribution in [0.15, 0.2) is 12.1 Å². The smallest absolute Gasteiger partial charge is 0.228 e. The number of carbonyl (C=O) groups excluding carboxylic acids is 2. The van der Waals surface area contributed by atoms with E-state index < -0.39 is 0 Å². The van der Waals surface area contributed by atoms with Crippen molar-refractivity contribution in [1.29, 1.82) is 0 Å². The van der Waals surface area contributed by atoms with E-state index >= 15 is 0 Å². The molecule has 2 fully saturated rings. The lowest BCUT2D eigenvalue weighted by Crippen LogP contribution is -2.36. The van der Waals surface area contributed by atoms with Gasteiger partial charge < -0.3 is 24.8 Å². The zero-order chi connectivity index (χ0) is 20.1. The molecule has 2 aliphatic rings. The number of methoxy groups -OCH3 is 3. The number of amides is 2. The van der Waals surface area contributed by atoms with Crippen LogP contribution in [0.2, 0.25) is 0 Å². The topological polar surface area (TPSA) is 85.9 Å². The van der Waals surface area contributed by atoms with Gasteiger partial charge in [-0.2, -0.15) is 0 Å². The first-order chi connectivity index (χ1) is 13.6.